The number of nitrogens with one attached hydrogen (secondary N) is 1. The molecule has 0 atom stereocenters. The molecule has 4 nitrogen and oxygen atoms in total. The number of hydrogen-bond donors (Lipinski definition) is 1. The summed E-state index contributed by atoms with van der Waals surface area (Å²) in [5, 5.41) is 7.85. The molecule has 2 heterocycles. The average molecular weight is 229 g/mol. The van der Waals surface area contributed by atoms with Gasteiger partial charge in [0.15, 0.2) is 10.3 Å². The molecule has 1 N–H and O–H groups in total. The lowest BCUT2D eigenvalue weighted by atomic mass is 10.5. The van der Waals surface area contributed by atoms with E-state index < -0.39 is 0 Å². The molecule has 2 aromatic rings. The molecule has 0 bridgehead atoms. The zero-order valence-corrected chi connectivity index (χ0v) is 8.50. The van der Waals surface area contributed by atoms with E-state index in [9.17, 15) is 0 Å². The molecule has 2 aromatic heterocycles. The van der Waals surface area contributed by atoms with Crippen molar-refractivity contribution in [3.05, 3.63) is 40.9 Å². The average Bonchev–Trinajstić information content (AvgIpc) is 2.64. The summed E-state index contributed by atoms with van der Waals surface area (Å²) in [5.74, 6) is 0. The first-order valence-electron chi connectivity index (χ1n) is 3.84. The van der Waals surface area contributed by atoms with E-state index in [2.05, 4.69) is 15.6 Å². The number of anilines is 1. The Hall–Kier alpha value is -1.26. The van der Waals surface area contributed by atoms with Crippen LogP contribution in [0.25, 0.3) is 0 Å². The van der Waals surface area contributed by atoms with Crippen molar-refractivity contribution in [1.29, 1.82) is 0 Å². The van der Waals surface area contributed by atoms with Gasteiger partial charge in [-0.3, -0.25) is 10.1 Å². The number of aromatic nitrogens is 3. The third-order valence-electron chi connectivity index (χ3n) is 1.57. The molecular formula is C8H6Cl2N4. The second-order valence-corrected chi connectivity index (χ2v) is 3.32. The van der Waals surface area contributed by atoms with Crippen molar-refractivity contribution >= 4 is 28.9 Å². The lowest BCUT2D eigenvalue weighted by Crippen LogP contribution is -2.07. The van der Waals surface area contributed by atoms with Gasteiger partial charge in [0.1, 0.15) is 0 Å². The predicted octanol–water partition coefficient (Wildman–Crippen LogP) is 2.46. The number of rotatable bonds is 2. The van der Waals surface area contributed by atoms with Crippen LogP contribution in [-0.4, -0.2) is 14.9 Å². The van der Waals surface area contributed by atoms with Gasteiger partial charge < -0.3 is 0 Å². The molecule has 0 radical (unpaired) electrons. The second-order valence-electron chi connectivity index (χ2n) is 2.57. The summed E-state index contributed by atoms with van der Waals surface area (Å²) in [5.41, 5.74) is 3.60. The summed E-state index contributed by atoms with van der Waals surface area (Å²) in [7, 11) is 0. The van der Waals surface area contributed by atoms with E-state index in [1.165, 1.54) is 0 Å². The molecule has 0 aliphatic heterocycles. The summed E-state index contributed by atoms with van der Waals surface area (Å²) in [4.78, 5) is 0. The van der Waals surface area contributed by atoms with Gasteiger partial charge in [0.25, 0.3) is 0 Å². The van der Waals surface area contributed by atoms with Gasteiger partial charge in [-0.05, 0) is 12.1 Å². The fourth-order valence-corrected chi connectivity index (χ4v) is 1.26. The third-order valence-corrected chi connectivity index (χ3v) is 2.04. The predicted molar refractivity (Wildman–Crippen MR) is 55.5 cm³/mol. The Morgan fingerprint density at radius 2 is 1.86 bits per heavy atom. The summed E-state index contributed by atoms with van der Waals surface area (Å²) >= 11 is 11.5. The minimum atomic E-state index is 0.281. The lowest BCUT2D eigenvalue weighted by Gasteiger charge is -2.07. The number of hydrogen-bond acceptors (Lipinski definition) is 3. The maximum atomic E-state index is 5.81. The summed E-state index contributed by atoms with van der Waals surface area (Å²) in [6.45, 7) is 0. The molecule has 72 valence electrons. The van der Waals surface area contributed by atoms with Crippen LogP contribution >= 0.6 is 23.2 Å². The molecule has 2 rings (SSSR count). The highest BCUT2D eigenvalue weighted by Gasteiger charge is 2.03. The van der Waals surface area contributed by atoms with E-state index in [4.69, 9.17) is 23.2 Å². The van der Waals surface area contributed by atoms with Crippen LogP contribution in [0.15, 0.2) is 30.6 Å². The molecule has 0 unspecified atom stereocenters. The van der Waals surface area contributed by atoms with Crippen LogP contribution in [0, 0.1) is 0 Å². The first-order chi connectivity index (χ1) is 6.75. The normalized spacial score (nSPS) is 10.1. The second kappa shape index (κ2) is 3.86. The molecule has 0 saturated carbocycles. The van der Waals surface area contributed by atoms with E-state index in [0.29, 0.717) is 10.8 Å². The maximum Gasteiger partial charge on any atom is 0.176 e. The quantitative estimate of drug-likeness (QED) is 0.859. The first-order valence-corrected chi connectivity index (χ1v) is 4.60. The molecule has 0 saturated heterocycles. The summed E-state index contributed by atoms with van der Waals surface area (Å²) in [6, 6.07) is 5.38. The van der Waals surface area contributed by atoms with E-state index >= 15 is 0 Å². The third kappa shape index (κ3) is 1.97. The van der Waals surface area contributed by atoms with Crippen LogP contribution in [0.2, 0.25) is 10.3 Å². The molecule has 0 aliphatic rings. The zero-order valence-electron chi connectivity index (χ0n) is 6.98. The van der Waals surface area contributed by atoms with Gasteiger partial charge in [-0.25, -0.2) is 0 Å². The molecule has 0 aliphatic carbocycles. The lowest BCUT2D eigenvalue weighted by molar-refractivity contribution is 0.950. The minimum Gasteiger partial charge on any atom is -0.292 e. The Bertz CT molecular complexity index is 427. The van der Waals surface area contributed by atoms with E-state index in [-0.39, 0.29) is 5.15 Å². The monoisotopic (exact) mass is 228 g/mol. The van der Waals surface area contributed by atoms with Gasteiger partial charge >= 0.3 is 0 Å². The van der Waals surface area contributed by atoms with Gasteiger partial charge in [0, 0.05) is 18.5 Å². The smallest absolute Gasteiger partial charge is 0.176 e. The van der Waals surface area contributed by atoms with Crippen LogP contribution < -0.4 is 5.43 Å². The highest BCUT2D eigenvalue weighted by atomic mass is 35.5. The van der Waals surface area contributed by atoms with Crippen molar-refractivity contribution < 1.29 is 0 Å². The van der Waals surface area contributed by atoms with Gasteiger partial charge in [-0.1, -0.05) is 23.2 Å². The Kier molecular flexibility index (Phi) is 2.56. The highest BCUT2D eigenvalue weighted by molar-refractivity contribution is 6.33. The SMILES string of the molecule is Clc1cc(Nn2cccc2)c(Cl)nn1. The van der Waals surface area contributed by atoms with Gasteiger partial charge in [-0.15, -0.1) is 10.2 Å². The van der Waals surface area contributed by atoms with Gasteiger partial charge in [0.2, 0.25) is 0 Å². The van der Waals surface area contributed by atoms with Crippen LogP contribution in [0.4, 0.5) is 5.69 Å². The maximum absolute atomic E-state index is 5.81. The van der Waals surface area contributed by atoms with E-state index in [1.54, 1.807) is 10.7 Å². The van der Waals surface area contributed by atoms with Crippen LogP contribution in [0.3, 0.4) is 0 Å². The molecule has 14 heavy (non-hydrogen) atoms. The number of nitrogens with zero attached hydrogens (tertiary/aromatic N) is 3. The van der Waals surface area contributed by atoms with Crippen molar-refractivity contribution in [2.75, 3.05) is 5.43 Å². The molecule has 0 aromatic carbocycles. The van der Waals surface area contributed by atoms with Gasteiger partial charge in [-0.2, -0.15) is 0 Å². The molecule has 6 heteroatoms. The summed E-state index contributed by atoms with van der Waals surface area (Å²) < 4.78 is 1.74. The Morgan fingerprint density at radius 1 is 1.14 bits per heavy atom. The Balaban J connectivity index is 2.28. The van der Waals surface area contributed by atoms with Crippen molar-refractivity contribution in [1.82, 2.24) is 14.9 Å². The fourth-order valence-electron chi connectivity index (χ4n) is 0.980. The Morgan fingerprint density at radius 3 is 2.57 bits per heavy atom. The minimum absolute atomic E-state index is 0.281. The van der Waals surface area contributed by atoms with Crippen molar-refractivity contribution in [3.8, 4) is 0 Å². The first kappa shape index (κ1) is 9.30. The van der Waals surface area contributed by atoms with Crippen molar-refractivity contribution in [3.63, 3.8) is 0 Å². The van der Waals surface area contributed by atoms with Crippen LogP contribution in [0.1, 0.15) is 0 Å². The number of halogens is 2. The zero-order chi connectivity index (χ0) is 9.97. The standard InChI is InChI=1S/C8H6Cl2N4/c9-7-5-6(8(10)12-11-7)13-14-3-1-2-4-14/h1-5H,(H,11,13). The van der Waals surface area contributed by atoms with Crippen LogP contribution in [0.5, 0.6) is 0 Å². The van der Waals surface area contributed by atoms with E-state index in [1.807, 2.05) is 24.5 Å². The largest absolute Gasteiger partial charge is 0.292 e. The molecule has 0 spiro atoms. The fraction of sp³-hybridized carbons (Fsp3) is 0. The topological polar surface area (TPSA) is 42.7 Å². The molecular weight excluding hydrogens is 223 g/mol. The highest BCUT2D eigenvalue weighted by Crippen LogP contribution is 2.20. The summed E-state index contributed by atoms with van der Waals surface area (Å²) in [6.07, 6.45) is 3.68. The van der Waals surface area contributed by atoms with Crippen molar-refractivity contribution in [2.24, 2.45) is 0 Å². The van der Waals surface area contributed by atoms with Gasteiger partial charge in [0.05, 0.1) is 5.69 Å². The molecule has 0 fully saturated rings. The van der Waals surface area contributed by atoms with Crippen molar-refractivity contribution in [2.45, 2.75) is 0 Å². The van der Waals surface area contributed by atoms with E-state index in [0.717, 1.165) is 0 Å². The van der Waals surface area contributed by atoms with Crippen LogP contribution in [-0.2, 0) is 0 Å². The molecule has 0 amide bonds. The Labute approximate surface area is 90.4 Å².